The molecule has 0 bridgehead atoms. The molecule has 118 valence electrons. The zero-order valence-electron chi connectivity index (χ0n) is 13.3. The topological polar surface area (TPSA) is 91.0 Å². The van der Waals surface area contributed by atoms with Gasteiger partial charge in [-0.2, -0.15) is 10.2 Å². The van der Waals surface area contributed by atoms with Crippen LogP contribution in [0, 0.1) is 20.8 Å². The van der Waals surface area contributed by atoms with E-state index in [4.69, 9.17) is 4.74 Å². The average Bonchev–Trinajstić information content (AvgIpc) is 2.88. The number of nitrogens with one attached hydrogen (secondary N) is 1. The Kier molecular flexibility index (Phi) is 4.30. The molecule has 8 nitrogen and oxygen atoms in total. The third kappa shape index (κ3) is 3.00. The minimum Gasteiger partial charge on any atom is -0.464 e. The second-order valence-electron chi connectivity index (χ2n) is 5.06. The van der Waals surface area contributed by atoms with E-state index in [1.54, 1.807) is 18.7 Å². The predicted octanol–water partition coefficient (Wildman–Crippen LogP) is 0.967. The van der Waals surface area contributed by atoms with Crippen molar-refractivity contribution in [1.82, 2.24) is 19.6 Å². The number of hydrogen-bond donors (Lipinski definition) is 1. The van der Waals surface area contributed by atoms with Crippen LogP contribution in [0.15, 0.2) is 6.07 Å². The Morgan fingerprint density at radius 1 is 1.27 bits per heavy atom. The van der Waals surface area contributed by atoms with E-state index in [-0.39, 0.29) is 18.1 Å². The molecule has 0 aliphatic carbocycles. The molecule has 0 unspecified atom stereocenters. The molecule has 0 radical (unpaired) electrons. The van der Waals surface area contributed by atoms with Gasteiger partial charge in [0.25, 0.3) is 0 Å². The van der Waals surface area contributed by atoms with Gasteiger partial charge >= 0.3 is 5.97 Å². The average molecular weight is 305 g/mol. The number of rotatable bonds is 4. The molecular weight excluding hydrogens is 286 g/mol. The van der Waals surface area contributed by atoms with Gasteiger partial charge in [0.05, 0.1) is 24.2 Å². The van der Waals surface area contributed by atoms with Gasteiger partial charge < -0.3 is 10.1 Å². The normalized spacial score (nSPS) is 10.6. The minimum atomic E-state index is -0.551. The van der Waals surface area contributed by atoms with Crippen LogP contribution in [0.3, 0.4) is 0 Å². The third-order valence-corrected chi connectivity index (χ3v) is 3.26. The van der Waals surface area contributed by atoms with Crippen molar-refractivity contribution in [2.45, 2.75) is 27.3 Å². The molecule has 2 aromatic rings. The fourth-order valence-electron chi connectivity index (χ4n) is 2.29. The molecule has 0 atom stereocenters. The van der Waals surface area contributed by atoms with Gasteiger partial charge in [0.2, 0.25) is 5.91 Å². The largest absolute Gasteiger partial charge is 0.464 e. The second-order valence-corrected chi connectivity index (χ2v) is 5.06. The Morgan fingerprint density at radius 3 is 2.50 bits per heavy atom. The van der Waals surface area contributed by atoms with Gasteiger partial charge in [-0.25, -0.2) is 4.79 Å². The lowest BCUT2D eigenvalue weighted by molar-refractivity contribution is -0.116. The summed E-state index contributed by atoms with van der Waals surface area (Å²) in [4.78, 5) is 24.0. The molecule has 8 heteroatoms. The van der Waals surface area contributed by atoms with Crippen LogP contribution in [0.25, 0.3) is 0 Å². The summed E-state index contributed by atoms with van der Waals surface area (Å²) in [6, 6.07) is 1.89. The SMILES string of the molecule is COC(=O)c1c(NC(=O)Cn2nc(C)cc2C)c(C)nn1C. The van der Waals surface area contributed by atoms with Gasteiger partial charge in [-0.3, -0.25) is 14.2 Å². The monoisotopic (exact) mass is 305 g/mol. The van der Waals surface area contributed by atoms with Crippen molar-refractivity contribution in [1.29, 1.82) is 0 Å². The zero-order valence-corrected chi connectivity index (χ0v) is 13.3. The molecule has 0 spiro atoms. The molecular formula is C14H19N5O3. The number of carbonyl (C=O) groups is 2. The molecule has 0 saturated heterocycles. The fraction of sp³-hybridized carbons (Fsp3) is 0.429. The van der Waals surface area contributed by atoms with Gasteiger partial charge in [0.1, 0.15) is 6.54 Å². The van der Waals surface area contributed by atoms with Crippen molar-refractivity contribution in [3.63, 3.8) is 0 Å². The van der Waals surface area contributed by atoms with E-state index < -0.39 is 5.97 Å². The van der Waals surface area contributed by atoms with E-state index >= 15 is 0 Å². The van der Waals surface area contributed by atoms with Crippen molar-refractivity contribution in [2.24, 2.45) is 7.05 Å². The molecule has 0 aliphatic rings. The number of esters is 1. The standard InChI is InChI=1S/C14H19N5O3/c1-8-6-9(2)19(16-8)7-11(20)15-12-10(3)17-18(4)13(12)14(21)22-5/h6H,7H2,1-5H3,(H,15,20). The number of anilines is 1. The van der Waals surface area contributed by atoms with Crippen LogP contribution in [0.4, 0.5) is 5.69 Å². The van der Waals surface area contributed by atoms with E-state index in [1.807, 2.05) is 19.9 Å². The van der Waals surface area contributed by atoms with Crippen LogP contribution in [-0.2, 0) is 23.1 Å². The van der Waals surface area contributed by atoms with Gasteiger partial charge in [0, 0.05) is 12.7 Å². The summed E-state index contributed by atoms with van der Waals surface area (Å²) in [5.41, 5.74) is 2.86. The number of hydrogen-bond acceptors (Lipinski definition) is 5. The first-order chi connectivity index (χ1) is 10.3. The third-order valence-electron chi connectivity index (χ3n) is 3.26. The number of amides is 1. The first kappa shape index (κ1) is 15.7. The first-order valence-corrected chi connectivity index (χ1v) is 6.76. The van der Waals surface area contributed by atoms with Gasteiger partial charge in [-0.15, -0.1) is 0 Å². The minimum absolute atomic E-state index is 0.0641. The molecule has 22 heavy (non-hydrogen) atoms. The molecule has 0 aliphatic heterocycles. The highest BCUT2D eigenvalue weighted by atomic mass is 16.5. The molecule has 1 amide bonds. The lowest BCUT2D eigenvalue weighted by Crippen LogP contribution is -2.22. The highest BCUT2D eigenvalue weighted by molar-refractivity contribution is 6.00. The molecule has 2 aromatic heterocycles. The van der Waals surface area contributed by atoms with Gasteiger partial charge in [-0.05, 0) is 26.8 Å². The van der Waals surface area contributed by atoms with Crippen molar-refractivity contribution < 1.29 is 14.3 Å². The Labute approximate surface area is 128 Å². The lowest BCUT2D eigenvalue weighted by atomic mass is 10.3. The highest BCUT2D eigenvalue weighted by Crippen LogP contribution is 2.20. The van der Waals surface area contributed by atoms with Crippen molar-refractivity contribution in [3.8, 4) is 0 Å². The van der Waals surface area contributed by atoms with Crippen molar-refractivity contribution >= 4 is 17.6 Å². The van der Waals surface area contributed by atoms with Crippen LogP contribution in [0.2, 0.25) is 0 Å². The number of carbonyl (C=O) groups excluding carboxylic acids is 2. The van der Waals surface area contributed by atoms with Gasteiger partial charge in [0.15, 0.2) is 5.69 Å². The van der Waals surface area contributed by atoms with Crippen molar-refractivity contribution in [3.05, 3.63) is 28.8 Å². The summed E-state index contributed by atoms with van der Waals surface area (Å²) >= 11 is 0. The molecule has 0 aromatic carbocycles. The van der Waals surface area contributed by atoms with Crippen LogP contribution in [0.1, 0.15) is 27.6 Å². The molecule has 1 N–H and O–H groups in total. The summed E-state index contributed by atoms with van der Waals surface area (Å²) in [7, 11) is 2.90. The molecule has 0 fully saturated rings. The number of aryl methyl sites for hydroxylation is 4. The summed E-state index contributed by atoms with van der Waals surface area (Å²) in [6.45, 7) is 5.52. The Morgan fingerprint density at radius 2 is 1.95 bits per heavy atom. The summed E-state index contributed by atoms with van der Waals surface area (Å²) in [6.07, 6.45) is 0. The summed E-state index contributed by atoms with van der Waals surface area (Å²) < 4.78 is 7.72. The van der Waals surface area contributed by atoms with E-state index in [1.165, 1.54) is 11.8 Å². The Balaban J connectivity index is 2.22. The predicted molar refractivity (Wildman–Crippen MR) is 79.6 cm³/mol. The van der Waals surface area contributed by atoms with Crippen LogP contribution in [-0.4, -0.2) is 38.5 Å². The van der Waals surface area contributed by atoms with Gasteiger partial charge in [-0.1, -0.05) is 0 Å². The molecule has 0 saturated carbocycles. The summed E-state index contributed by atoms with van der Waals surface area (Å²) in [5.74, 6) is -0.836. The van der Waals surface area contributed by atoms with E-state index in [9.17, 15) is 9.59 Å². The molecule has 2 rings (SSSR count). The first-order valence-electron chi connectivity index (χ1n) is 6.76. The van der Waals surface area contributed by atoms with Crippen LogP contribution in [0.5, 0.6) is 0 Å². The maximum atomic E-state index is 12.2. The number of ether oxygens (including phenoxy) is 1. The van der Waals surface area contributed by atoms with Crippen molar-refractivity contribution in [2.75, 3.05) is 12.4 Å². The Bertz CT molecular complexity index is 729. The fourth-order valence-corrected chi connectivity index (χ4v) is 2.29. The quantitative estimate of drug-likeness (QED) is 0.850. The highest BCUT2D eigenvalue weighted by Gasteiger charge is 2.22. The maximum absolute atomic E-state index is 12.2. The second kappa shape index (κ2) is 6.00. The zero-order chi connectivity index (χ0) is 16.4. The van der Waals surface area contributed by atoms with E-state index in [0.717, 1.165) is 11.4 Å². The van der Waals surface area contributed by atoms with E-state index in [2.05, 4.69) is 15.5 Å². The number of nitrogens with zero attached hydrogens (tertiary/aromatic N) is 4. The van der Waals surface area contributed by atoms with E-state index in [0.29, 0.717) is 11.4 Å². The number of aromatic nitrogens is 4. The lowest BCUT2D eigenvalue weighted by Gasteiger charge is -2.08. The van der Waals surface area contributed by atoms with Crippen LogP contribution >= 0.6 is 0 Å². The smallest absolute Gasteiger partial charge is 0.358 e. The van der Waals surface area contributed by atoms with Crippen LogP contribution < -0.4 is 5.32 Å². The molecule has 2 heterocycles. The Hall–Kier alpha value is -2.64. The number of methoxy groups -OCH3 is 1. The maximum Gasteiger partial charge on any atom is 0.358 e. The summed E-state index contributed by atoms with van der Waals surface area (Å²) in [5, 5.41) is 11.1.